The van der Waals surface area contributed by atoms with Crippen molar-refractivity contribution in [3.63, 3.8) is 0 Å². The zero-order valence-corrected chi connectivity index (χ0v) is 20.3. The van der Waals surface area contributed by atoms with Crippen molar-refractivity contribution in [2.45, 2.75) is 52.2 Å². The summed E-state index contributed by atoms with van der Waals surface area (Å²) in [6, 6.07) is 6.56. The van der Waals surface area contributed by atoms with Crippen LogP contribution in [0, 0.1) is 16.0 Å². The second-order valence-electron chi connectivity index (χ2n) is 9.79. The number of rotatable bonds is 7. The molecule has 0 radical (unpaired) electrons. The number of nitrogens with one attached hydrogen (secondary N) is 1. The van der Waals surface area contributed by atoms with Gasteiger partial charge < -0.3 is 15.0 Å². The van der Waals surface area contributed by atoms with Crippen LogP contribution in [0.15, 0.2) is 36.8 Å². The van der Waals surface area contributed by atoms with Crippen LogP contribution in [0.25, 0.3) is 11.0 Å². The fourth-order valence-electron chi connectivity index (χ4n) is 4.17. The Morgan fingerprint density at radius 2 is 1.91 bits per heavy atom. The van der Waals surface area contributed by atoms with Crippen LogP contribution in [-0.4, -0.2) is 60.9 Å². The van der Waals surface area contributed by atoms with Crippen molar-refractivity contribution in [3.05, 3.63) is 52.5 Å². The molecule has 11 nitrogen and oxygen atoms in total. The number of carbonyl (C=O) groups is 1. The van der Waals surface area contributed by atoms with E-state index in [-0.39, 0.29) is 11.8 Å². The third-order valence-electron chi connectivity index (χ3n) is 5.98. The second-order valence-corrected chi connectivity index (χ2v) is 9.79. The first-order valence-electron chi connectivity index (χ1n) is 11.8. The van der Waals surface area contributed by atoms with Crippen molar-refractivity contribution in [1.82, 2.24) is 24.6 Å². The molecule has 2 aromatic heterocycles. The highest BCUT2D eigenvalue weighted by molar-refractivity contribution is 5.85. The van der Waals surface area contributed by atoms with Crippen LogP contribution in [0.2, 0.25) is 0 Å². The highest BCUT2D eigenvalue weighted by atomic mass is 16.6. The molecule has 11 heteroatoms. The third kappa shape index (κ3) is 6.23. The monoisotopic (exact) mass is 481 g/mol. The largest absolute Gasteiger partial charge is 0.444 e. The Kier molecular flexibility index (Phi) is 7.13. The van der Waals surface area contributed by atoms with Gasteiger partial charge in [-0.15, -0.1) is 0 Å². The summed E-state index contributed by atoms with van der Waals surface area (Å²) in [5, 5.41) is 18.7. The van der Waals surface area contributed by atoms with Gasteiger partial charge in [0.25, 0.3) is 5.69 Å². The van der Waals surface area contributed by atoms with Crippen LogP contribution in [0.4, 0.5) is 16.3 Å². The molecule has 0 bridgehead atoms. The lowest BCUT2D eigenvalue weighted by Gasteiger charge is -2.33. The van der Waals surface area contributed by atoms with Crippen LogP contribution >= 0.6 is 0 Å². The summed E-state index contributed by atoms with van der Waals surface area (Å²) in [4.78, 5) is 33.3. The SMILES string of the molecule is CC(C)(C)OC(=O)N1CCC(Cn2ncc3ncnc(NCCc4ccc([N+](=O)[O-])cc4)c32)CC1. The predicted molar refractivity (Wildman–Crippen MR) is 131 cm³/mol. The van der Waals surface area contributed by atoms with E-state index in [1.165, 1.54) is 18.5 Å². The van der Waals surface area contributed by atoms with E-state index in [0.29, 0.717) is 37.8 Å². The summed E-state index contributed by atoms with van der Waals surface area (Å²) in [5.41, 5.74) is 2.21. The zero-order chi connectivity index (χ0) is 25.0. The Hall–Kier alpha value is -3.76. The molecule has 1 N–H and O–H groups in total. The van der Waals surface area contributed by atoms with Crippen LogP contribution in [0.3, 0.4) is 0 Å². The molecule has 0 aliphatic carbocycles. The number of ether oxygens (including phenoxy) is 1. The maximum atomic E-state index is 12.3. The van der Waals surface area contributed by atoms with E-state index in [0.717, 1.165) is 36.0 Å². The van der Waals surface area contributed by atoms with E-state index >= 15 is 0 Å². The van der Waals surface area contributed by atoms with Gasteiger partial charge in [-0.05, 0) is 51.5 Å². The fraction of sp³-hybridized carbons (Fsp3) is 0.500. The average molecular weight is 482 g/mol. The van der Waals surface area contributed by atoms with Gasteiger partial charge in [-0.25, -0.2) is 14.8 Å². The minimum absolute atomic E-state index is 0.0834. The van der Waals surface area contributed by atoms with Crippen LogP contribution in [0.5, 0.6) is 0 Å². The van der Waals surface area contributed by atoms with Crippen LogP contribution in [0.1, 0.15) is 39.2 Å². The highest BCUT2D eigenvalue weighted by Gasteiger charge is 2.27. The molecule has 0 spiro atoms. The summed E-state index contributed by atoms with van der Waals surface area (Å²) in [6.07, 6.45) is 5.44. The first-order chi connectivity index (χ1) is 16.7. The van der Waals surface area contributed by atoms with Crippen molar-refractivity contribution in [2.24, 2.45) is 5.92 Å². The number of carbonyl (C=O) groups excluding carboxylic acids is 1. The number of piperidine rings is 1. The van der Waals surface area contributed by atoms with Crippen LogP contribution < -0.4 is 5.32 Å². The Labute approximate surface area is 203 Å². The minimum Gasteiger partial charge on any atom is -0.444 e. The van der Waals surface area contributed by atoms with E-state index in [4.69, 9.17) is 4.74 Å². The Bertz CT molecular complexity index is 1180. The maximum absolute atomic E-state index is 12.3. The first kappa shape index (κ1) is 24.4. The standard InChI is InChI=1S/C24H31N7O4/c1-24(2,3)35-23(32)29-12-9-18(10-13-29)15-30-21-20(14-28-30)26-16-27-22(21)25-11-8-17-4-6-19(7-5-17)31(33)34/h4-7,14,16,18H,8-13,15H2,1-3H3,(H,25,26,27). The third-order valence-corrected chi connectivity index (χ3v) is 5.98. The maximum Gasteiger partial charge on any atom is 0.410 e. The van der Waals surface area contributed by atoms with Crippen molar-refractivity contribution in [3.8, 4) is 0 Å². The molecule has 1 saturated heterocycles. The first-order valence-corrected chi connectivity index (χ1v) is 11.8. The molecule has 0 atom stereocenters. The normalized spacial score (nSPS) is 14.8. The Balaban J connectivity index is 1.36. The van der Waals surface area contributed by atoms with Gasteiger partial charge in [0, 0.05) is 38.3 Å². The lowest BCUT2D eigenvalue weighted by atomic mass is 9.97. The molecule has 0 unspecified atom stereocenters. The van der Waals surface area contributed by atoms with Crippen LogP contribution in [-0.2, 0) is 17.7 Å². The van der Waals surface area contributed by atoms with E-state index in [2.05, 4.69) is 20.4 Å². The Morgan fingerprint density at radius 1 is 1.20 bits per heavy atom. The molecule has 3 aromatic rings. The molecule has 1 aliphatic rings. The molecule has 1 aliphatic heterocycles. The number of benzene rings is 1. The Morgan fingerprint density at radius 3 is 2.57 bits per heavy atom. The van der Waals surface area contributed by atoms with Gasteiger partial charge in [0.05, 0.1) is 11.1 Å². The van der Waals surface area contributed by atoms with Gasteiger partial charge in [-0.2, -0.15) is 5.10 Å². The van der Waals surface area contributed by atoms with E-state index in [1.54, 1.807) is 23.2 Å². The summed E-state index contributed by atoms with van der Waals surface area (Å²) in [5.74, 6) is 1.09. The molecule has 35 heavy (non-hydrogen) atoms. The molecule has 186 valence electrons. The zero-order valence-electron chi connectivity index (χ0n) is 20.3. The summed E-state index contributed by atoms with van der Waals surface area (Å²) >= 11 is 0. The van der Waals surface area contributed by atoms with Gasteiger partial charge in [0.1, 0.15) is 23.0 Å². The second kappa shape index (κ2) is 10.2. The minimum atomic E-state index is -0.496. The summed E-state index contributed by atoms with van der Waals surface area (Å²) in [6.45, 7) is 8.28. The lowest BCUT2D eigenvalue weighted by Crippen LogP contribution is -2.42. The highest BCUT2D eigenvalue weighted by Crippen LogP contribution is 2.25. The van der Waals surface area contributed by atoms with E-state index in [9.17, 15) is 14.9 Å². The number of nitro benzene ring substituents is 1. The number of aromatic nitrogens is 4. The quantitative estimate of drug-likeness (QED) is 0.396. The topological polar surface area (TPSA) is 128 Å². The molecule has 4 rings (SSSR count). The molecule has 1 fully saturated rings. The molecular weight excluding hydrogens is 450 g/mol. The van der Waals surface area contributed by atoms with Gasteiger partial charge in [-0.3, -0.25) is 14.8 Å². The number of nitrogens with zero attached hydrogens (tertiary/aromatic N) is 6. The van der Waals surface area contributed by atoms with Crippen molar-refractivity contribution in [2.75, 3.05) is 25.0 Å². The van der Waals surface area contributed by atoms with Gasteiger partial charge in [-0.1, -0.05) is 12.1 Å². The smallest absolute Gasteiger partial charge is 0.410 e. The number of hydrogen-bond donors (Lipinski definition) is 1. The predicted octanol–water partition coefficient (Wildman–Crippen LogP) is 4.04. The van der Waals surface area contributed by atoms with E-state index < -0.39 is 10.5 Å². The van der Waals surface area contributed by atoms with Crippen molar-refractivity contribution < 1.29 is 14.5 Å². The lowest BCUT2D eigenvalue weighted by molar-refractivity contribution is -0.384. The molecule has 3 heterocycles. The van der Waals surface area contributed by atoms with Crippen molar-refractivity contribution >= 4 is 28.6 Å². The number of amides is 1. The number of fused-ring (bicyclic) bond motifs is 1. The number of likely N-dealkylation sites (tertiary alicyclic amines) is 1. The number of hydrogen-bond acceptors (Lipinski definition) is 8. The van der Waals surface area contributed by atoms with Gasteiger partial charge >= 0.3 is 6.09 Å². The fourth-order valence-corrected chi connectivity index (χ4v) is 4.17. The van der Waals surface area contributed by atoms with E-state index in [1.807, 2.05) is 25.5 Å². The molecular formula is C24H31N7O4. The summed E-state index contributed by atoms with van der Waals surface area (Å²) < 4.78 is 7.43. The number of non-ortho nitro benzene ring substituents is 1. The molecule has 1 aromatic carbocycles. The number of anilines is 1. The average Bonchev–Trinajstić information content (AvgIpc) is 3.22. The number of nitro groups is 1. The molecule has 0 saturated carbocycles. The summed E-state index contributed by atoms with van der Waals surface area (Å²) in [7, 11) is 0. The molecule has 1 amide bonds. The van der Waals surface area contributed by atoms with Crippen molar-refractivity contribution in [1.29, 1.82) is 0 Å². The van der Waals surface area contributed by atoms with Gasteiger partial charge in [0.15, 0.2) is 5.82 Å². The van der Waals surface area contributed by atoms with Gasteiger partial charge in [0.2, 0.25) is 0 Å².